The Bertz CT molecular complexity index is 570. The van der Waals surface area contributed by atoms with Gasteiger partial charge in [0.15, 0.2) is 0 Å². The molecule has 0 aliphatic heterocycles. The van der Waals surface area contributed by atoms with Gasteiger partial charge in [0, 0.05) is 19.2 Å². The van der Waals surface area contributed by atoms with Crippen molar-refractivity contribution in [2.75, 3.05) is 20.1 Å². The maximum absolute atomic E-state index is 13.0. The van der Waals surface area contributed by atoms with E-state index in [0.29, 0.717) is 18.7 Å². The summed E-state index contributed by atoms with van der Waals surface area (Å²) in [6.45, 7) is 8.66. The first-order chi connectivity index (χ1) is 11.1. The summed E-state index contributed by atoms with van der Waals surface area (Å²) in [5.74, 6) is -1.05. The van der Waals surface area contributed by atoms with Crippen molar-refractivity contribution in [1.29, 1.82) is 0 Å². The van der Waals surface area contributed by atoms with Crippen LogP contribution in [0.1, 0.15) is 38.1 Å². The third-order valence-corrected chi connectivity index (χ3v) is 3.92. The van der Waals surface area contributed by atoms with Gasteiger partial charge in [0.05, 0.1) is 0 Å². The molecule has 1 rings (SSSR count). The quantitative estimate of drug-likeness (QED) is 0.799. The van der Waals surface area contributed by atoms with Gasteiger partial charge >= 0.3 is 0 Å². The Balaban J connectivity index is 2.84. The average molecular weight is 337 g/mol. The van der Waals surface area contributed by atoms with Crippen LogP contribution in [0.2, 0.25) is 0 Å². The van der Waals surface area contributed by atoms with E-state index in [1.54, 1.807) is 11.9 Å². The van der Waals surface area contributed by atoms with E-state index in [9.17, 15) is 14.0 Å². The molecular weight excluding hydrogens is 309 g/mol. The van der Waals surface area contributed by atoms with Gasteiger partial charge in [-0.15, -0.1) is 0 Å². The Morgan fingerprint density at radius 3 is 2.25 bits per heavy atom. The lowest BCUT2D eigenvalue weighted by Gasteiger charge is -2.32. The van der Waals surface area contributed by atoms with E-state index in [1.807, 2.05) is 27.7 Å². The number of nitrogens with two attached hydrogens (primary N) is 1. The topological polar surface area (TPSA) is 75.4 Å². The third-order valence-electron chi connectivity index (χ3n) is 3.92. The van der Waals surface area contributed by atoms with Crippen molar-refractivity contribution in [1.82, 2.24) is 10.2 Å². The molecule has 0 bridgehead atoms. The summed E-state index contributed by atoms with van der Waals surface area (Å²) in [6.07, 6.45) is 0. The van der Waals surface area contributed by atoms with E-state index >= 15 is 0 Å². The lowest BCUT2D eigenvalue weighted by molar-refractivity contribution is -0.134. The van der Waals surface area contributed by atoms with Gasteiger partial charge in [-0.25, -0.2) is 4.39 Å². The van der Waals surface area contributed by atoms with Crippen molar-refractivity contribution in [2.24, 2.45) is 17.1 Å². The van der Waals surface area contributed by atoms with Gasteiger partial charge in [-0.05, 0) is 42.1 Å². The average Bonchev–Trinajstić information content (AvgIpc) is 2.51. The molecule has 0 aromatic heterocycles. The first kappa shape index (κ1) is 20.1. The van der Waals surface area contributed by atoms with Crippen LogP contribution in [0.25, 0.3) is 0 Å². The van der Waals surface area contributed by atoms with Crippen LogP contribution in [0.5, 0.6) is 0 Å². The lowest BCUT2D eigenvalue weighted by atomic mass is 9.92. The van der Waals surface area contributed by atoms with Gasteiger partial charge in [-0.1, -0.05) is 27.7 Å². The molecule has 5 nitrogen and oxygen atoms in total. The maximum atomic E-state index is 13.0. The second-order valence-corrected chi connectivity index (χ2v) is 7.26. The van der Waals surface area contributed by atoms with Crippen LogP contribution in [0.15, 0.2) is 24.3 Å². The van der Waals surface area contributed by atoms with Crippen molar-refractivity contribution in [3.05, 3.63) is 35.6 Å². The number of rotatable bonds is 7. The summed E-state index contributed by atoms with van der Waals surface area (Å²) in [7, 11) is 1.71. The first-order valence-electron chi connectivity index (χ1n) is 8.09. The number of nitrogens with one attached hydrogen (secondary N) is 1. The number of benzene rings is 1. The molecule has 0 heterocycles. The highest BCUT2D eigenvalue weighted by Gasteiger charge is 2.30. The summed E-state index contributed by atoms with van der Waals surface area (Å²) < 4.78 is 13.0. The zero-order valence-corrected chi connectivity index (χ0v) is 15.1. The summed E-state index contributed by atoms with van der Waals surface area (Å²) in [4.78, 5) is 26.6. The molecule has 1 unspecified atom stereocenters. The molecule has 134 valence electrons. The molecule has 1 atom stereocenters. The molecule has 0 radical (unpaired) electrons. The zero-order valence-electron chi connectivity index (χ0n) is 15.1. The molecule has 1 aromatic rings. The highest BCUT2D eigenvalue weighted by atomic mass is 19.1. The van der Waals surface area contributed by atoms with Gasteiger partial charge in [0.2, 0.25) is 5.91 Å². The maximum Gasteiger partial charge on any atom is 0.251 e. The van der Waals surface area contributed by atoms with E-state index in [0.717, 1.165) is 0 Å². The van der Waals surface area contributed by atoms with Crippen LogP contribution in [0, 0.1) is 17.2 Å². The monoisotopic (exact) mass is 337 g/mol. The number of halogens is 1. The standard InChI is InChI=1S/C18H28FN3O2/c1-12(2)15(17(24)22(5)11-18(3,4)10-20)21-16(23)13-6-8-14(19)9-7-13/h6-9,12,15H,10-11,20H2,1-5H3,(H,21,23). The Hall–Kier alpha value is -1.95. The van der Waals surface area contributed by atoms with E-state index in [1.165, 1.54) is 24.3 Å². The molecule has 0 aliphatic rings. The van der Waals surface area contributed by atoms with Crippen LogP contribution < -0.4 is 11.1 Å². The molecule has 0 spiro atoms. The molecule has 2 amide bonds. The van der Waals surface area contributed by atoms with Crippen molar-refractivity contribution < 1.29 is 14.0 Å². The van der Waals surface area contributed by atoms with Gasteiger partial charge in [-0.3, -0.25) is 9.59 Å². The minimum absolute atomic E-state index is 0.0784. The summed E-state index contributed by atoms with van der Waals surface area (Å²) in [5.41, 5.74) is 5.84. The molecule has 6 heteroatoms. The molecule has 0 aliphatic carbocycles. The molecule has 0 saturated heterocycles. The van der Waals surface area contributed by atoms with Crippen LogP contribution in [-0.4, -0.2) is 42.9 Å². The fraction of sp³-hybridized carbons (Fsp3) is 0.556. The van der Waals surface area contributed by atoms with Crippen LogP contribution in [0.4, 0.5) is 4.39 Å². The summed E-state index contributed by atoms with van der Waals surface area (Å²) >= 11 is 0. The molecule has 3 N–H and O–H groups in total. The molecule has 1 aromatic carbocycles. The second-order valence-electron chi connectivity index (χ2n) is 7.26. The van der Waals surface area contributed by atoms with E-state index < -0.39 is 17.8 Å². The minimum atomic E-state index is -0.652. The Kier molecular flexibility index (Phi) is 6.90. The van der Waals surface area contributed by atoms with Crippen molar-refractivity contribution in [2.45, 2.75) is 33.7 Å². The third kappa shape index (κ3) is 5.60. The highest BCUT2D eigenvalue weighted by molar-refractivity contribution is 5.97. The van der Waals surface area contributed by atoms with Gasteiger partial charge < -0.3 is 16.0 Å². The zero-order chi connectivity index (χ0) is 18.5. The Morgan fingerprint density at radius 2 is 1.79 bits per heavy atom. The highest BCUT2D eigenvalue weighted by Crippen LogP contribution is 2.16. The number of hydrogen-bond acceptors (Lipinski definition) is 3. The van der Waals surface area contributed by atoms with Gasteiger partial charge in [0.1, 0.15) is 11.9 Å². The van der Waals surface area contributed by atoms with Crippen molar-refractivity contribution in [3.63, 3.8) is 0 Å². The van der Waals surface area contributed by atoms with E-state index in [2.05, 4.69) is 5.32 Å². The van der Waals surface area contributed by atoms with Gasteiger partial charge in [-0.2, -0.15) is 0 Å². The molecule has 0 saturated carbocycles. The Labute approximate surface area is 143 Å². The normalized spacial score (nSPS) is 12.8. The van der Waals surface area contributed by atoms with E-state index in [4.69, 9.17) is 5.73 Å². The number of carbonyl (C=O) groups is 2. The molecule has 0 fully saturated rings. The van der Waals surface area contributed by atoms with Crippen molar-refractivity contribution >= 4 is 11.8 Å². The molecule has 24 heavy (non-hydrogen) atoms. The van der Waals surface area contributed by atoms with Crippen LogP contribution in [0.3, 0.4) is 0 Å². The largest absolute Gasteiger partial charge is 0.343 e. The van der Waals surface area contributed by atoms with Crippen LogP contribution >= 0.6 is 0 Å². The lowest BCUT2D eigenvalue weighted by Crippen LogP contribution is -2.52. The smallest absolute Gasteiger partial charge is 0.251 e. The summed E-state index contributed by atoms with van der Waals surface area (Å²) in [5, 5.41) is 2.75. The number of amides is 2. The first-order valence-corrected chi connectivity index (χ1v) is 8.09. The fourth-order valence-electron chi connectivity index (χ4n) is 2.36. The SMILES string of the molecule is CC(C)C(NC(=O)c1ccc(F)cc1)C(=O)N(C)CC(C)(C)CN. The predicted octanol–water partition coefficient (Wildman–Crippen LogP) is 2.02. The second kappa shape index (κ2) is 8.24. The predicted molar refractivity (Wildman–Crippen MR) is 93.0 cm³/mol. The number of hydrogen-bond donors (Lipinski definition) is 2. The molecular formula is C18H28FN3O2. The van der Waals surface area contributed by atoms with E-state index in [-0.39, 0.29) is 17.2 Å². The number of likely N-dealkylation sites (N-methyl/N-ethyl adjacent to an activating group) is 1. The minimum Gasteiger partial charge on any atom is -0.343 e. The van der Waals surface area contributed by atoms with Crippen molar-refractivity contribution in [3.8, 4) is 0 Å². The number of nitrogens with zero attached hydrogens (tertiary/aromatic N) is 1. The summed E-state index contributed by atoms with van der Waals surface area (Å²) in [6, 6.07) is 4.58. The van der Waals surface area contributed by atoms with Crippen LogP contribution in [-0.2, 0) is 4.79 Å². The Morgan fingerprint density at radius 1 is 1.25 bits per heavy atom. The number of carbonyl (C=O) groups excluding carboxylic acids is 2. The van der Waals surface area contributed by atoms with Gasteiger partial charge in [0.25, 0.3) is 5.91 Å². The fourth-order valence-corrected chi connectivity index (χ4v) is 2.36.